The van der Waals surface area contributed by atoms with Crippen LogP contribution in [0.4, 0.5) is 0 Å². The van der Waals surface area contributed by atoms with Gasteiger partial charge in [-0.05, 0) is 39.5 Å². The standard InChI is InChI=1S/C18H33N3O4S/c1-14-11-19(12-15(2)25-14)13-17-5-4-8-21(17)18(22)16-6-9-20(10-7-16)26(3,23)24/h14-17H,4-13H2,1-3H3. The summed E-state index contributed by atoms with van der Waals surface area (Å²) in [5.41, 5.74) is 0. The maximum absolute atomic E-state index is 13.1. The molecule has 0 radical (unpaired) electrons. The zero-order valence-corrected chi connectivity index (χ0v) is 17.1. The van der Waals surface area contributed by atoms with Gasteiger partial charge in [-0.25, -0.2) is 12.7 Å². The number of ether oxygens (including phenoxy) is 1. The van der Waals surface area contributed by atoms with Gasteiger partial charge in [0.15, 0.2) is 0 Å². The van der Waals surface area contributed by atoms with Gasteiger partial charge >= 0.3 is 0 Å². The van der Waals surface area contributed by atoms with Crippen LogP contribution in [0.3, 0.4) is 0 Å². The Bertz CT molecular complexity index is 594. The molecule has 3 heterocycles. The Labute approximate surface area is 157 Å². The monoisotopic (exact) mass is 387 g/mol. The number of amides is 1. The van der Waals surface area contributed by atoms with Crippen molar-refractivity contribution in [2.24, 2.45) is 5.92 Å². The van der Waals surface area contributed by atoms with E-state index >= 15 is 0 Å². The quantitative estimate of drug-likeness (QED) is 0.712. The Kier molecular flexibility index (Phi) is 6.26. The fraction of sp³-hybridized carbons (Fsp3) is 0.944. The van der Waals surface area contributed by atoms with Gasteiger partial charge in [0, 0.05) is 51.2 Å². The molecule has 8 heteroatoms. The second-order valence-electron chi connectivity index (χ2n) is 8.24. The molecular formula is C18H33N3O4S. The third-order valence-electron chi connectivity index (χ3n) is 5.90. The fourth-order valence-corrected chi connectivity index (χ4v) is 5.59. The molecule has 0 aromatic rings. The van der Waals surface area contributed by atoms with Crippen LogP contribution in [0.25, 0.3) is 0 Å². The number of carbonyl (C=O) groups is 1. The number of morpholine rings is 1. The van der Waals surface area contributed by atoms with Gasteiger partial charge in [0.25, 0.3) is 0 Å². The first-order valence-electron chi connectivity index (χ1n) is 9.87. The van der Waals surface area contributed by atoms with Crippen molar-refractivity contribution >= 4 is 15.9 Å². The van der Waals surface area contributed by atoms with Gasteiger partial charge in [0.1, 0.15) is 0 Å². The lowest BCUT2D eigenvalue weighted by Crippen LogP contribution is -2.52. The highest BCUT2D eigenvalue weighted by Crippen LogP contribution is 2.27. The number of hydrogen-bond acceptors (Lipinski definition) is 5. The van der Waals surface area contributed by atoms with Gasteiger partial charge in [-0.15, -0.1) is 0 Å². The molecular weight excluding hydrogens is 354 g/mol. The van der Waals surface area contributed by atoms with Crippen molar-refractivity contribution in [3.8, 4) is 0 Å². The lowest BCUT2D eigenvalue weighted by Gasteiger charge is -2.39. The van der Waals surface area contributed by atoms with Crippen LogP contribution in [0, 0.1) is 5.92 Å². The molecule has 7 nitrogen and oxygen atoms in total. The third kappa shape index (κ3) is 4.77. The van der Waals surface area contributed by atoms with Crippen LogP contribution >= 0.6 is 0 Å². The number of carbonyl (C=O) groups excluding carboxylic acids is 1. The van der Waals surface area contributed by atoms with Crippen molar-refractivity contribution in [3.63, 3.8) is 0 Å². The summed E-state index contributed by atoms with van der Waals surface area (Å²) < 4.78 is 30.6. The van der Waals surface area contributed by atoms with Crippen LogP contribution in [0.5, 0.6) is 0 Å². The summed E-state index contributed by atoms with van der Waals surface area (Å²) in [4.78, 5) is 17.6. The Morgan fingerprint density at radius 3 is 2.23 bits per heavy atom. The van der Waals surface area contributed by atoms with Gasteiger partial charge in [0.2, 0.25) is 15.9 Å². The highest BCUT2D eigenvalue weighted by Gasteiger charge is 2.37. The van der Waals surface area contributed by atoms with Crippen LogP contribution < -0.4 is 0 Å². The van der Waals surface area contributed by atoms with Crippen molar-refractivity contribution in [1.82, 2.24) is 14.1 Å². The molecule has 3 saturated heterocycles. The van der Waals surface area contributed by atoms with E-state index in [0.717, 1.165) is 39.0 Å². The predicted octanol–water partition coefficient (Wildman–Crippen LogP) is 0.758. The molecule has 150 valence electrons. The first-order valence-corrected chi connectivity index (χ1v) is 11.7. The molecule has 3 aliphatic heterocycles. The topological polar surface area (TPSA) is 70.2 Å². The maximum atomic E-state index is 13.1. The molecule has 3 unspecified atom stereocenters. The minimum atomic E-state index is -3.14. The first-order chi connectivity index (χ1) is 12.2. The van der Waals surface area contributed by atoms with Gasteiger partial charge in [0.05, 0.1) is 18.5 Å². The van der Waals surface area contributed by atoms with Crippen molar-refractivity contribution in [1.29, 1.82) is 0 Å². The van der Waals surface area contributed by atoms with Crippen molar-refractivity contribution in [2.45, 2.75) is 57.8 Å². The molecule has 3 atom stereocenters. The summed E-state index contributed by atoms with van der Waals surface area (Å²) in [6.45, 7) is 8.76. The number of nitrogens with zero attached hydrogens (tertiary/aromatic N) is 3. The van der Waals surface area contributed by atoms with Gasteiger partial charge in [-0.2, -0.15) is 0 Å². The van der Waals surface area contributed by atoms with Crippen LogP contribution in [-0.4, -0.2) is 92.2 Å². The summed E-state index contributed by atoms with van der Waals surface area (Å²) >= 11 is 0. The highest BCUT2D eigenvalue weighted by molar-refractivity contribution is 7.88. The van der Waals surface area contributed by atoms with Gasteiger partial charge in [-0.1, -0.05) is 0 Å². The van der Waals surface area contributed by atoms with E-state index < -0.39 is 10.0 Å². The summed E-state index contributed by atoms with van der Waals surface area (Å²) in [5.74, 6) is 0.200. The number of rotatable bonds is 4. The zero-order chi connectivity index (χ0) is 18.9. The van der Waals surface area contributed by atoms with E-state index in [1.165, 1.54) is 10.6 Å². The Balaban J connectivity index is 1.55. The molecule has 0 bridgehead atoms. The average Bonchev–Trinajstić information content (AvgIpc) is 3.00. The molecule has 3 rings (SSSR count). The molecule has 3 aliphatic rings. The Morgan fingerprint density at radius 2 is 1.65 bits per heavy atom. The molecule has 26 heavy (non-hydrogen) atoms. The van der Waals surface area contributed by atoms with Gasteiger partial charge < -0.3 is 9.64 Å². The summed E-state index contributed by atoms with van der Waals surface area (Å²) in [7, 11) is -3.14. The fourth-order valence-electron chi connectivity index (χ4n) is 4.72. The van der Waals surface area contributed by atoms with E-state index in [0.29, 0.717) is 25.9 Å². The SMILES string of the molecule is CC1CN(CC2CCCN2C(=O)C2CCN(S(C)(=O)=O)CC2)CC(C)O1. The smallest absolute Gasteiger partial charge is 0.226 e. The molecule has 0 N–H and O–H groups in total. The average molecular weight is 388 g/mol. The molecule has 0 aliphatic carbocycles. The lowest BCUT2D eigenvalue weighted by molar-refractivity contribution is -0.138. The van der Waals surface area contributed by atoms with Crippen molar-refractivity contribution in [2.75, 3.05) is 45.5 Å². The van der Waals surface area contributed by atoms with E-state index in [1.54, 1.807) is 0 Å². The van der Waals surface area contributed by atoms with Crippen LogP contribution in [-0.2, 0) is 19.6 Å². The van der Waals surface area contributed by atoms with Crippen molar-refractivity contribution in [3.05, 3.63) is 0 Å². The molecule has 1 amide bonds. The van der Waals surface area contributed by atoms with Crippen molar-refractivity contribution < 1.29 is 17.9 Å². The largest absolute Gasteiger partial charge is 0.373 e. The second kappa shape index (κ2) is 8.12. The van der Waals surface area contributed by atoms with Crippen LogP contribution in [0.2, 0.25) is 0 Å². The van der Waals surface area contributed by atoms with Crippen LogP contribution in [0.1, 0.15) is 39.5 Å². The van der Waals surface area contributed by atoms with E-state index in [1.807, 2.05) is 0 Å². The highest BCUT2D eigenvalue weighted by atomic mass is 32.2. The maximum Gasteiger partial charge on any atom is 0.226 e. The number of hydrogen-bond donors (Lipinski definition) is 0. The molecule has 0 aromatic heterocycles. The van der Waals surface area contributed by atoms with E-state index in [9.17, 15) is 13.2 Å². The van der Waals surface area contributed by atoms with Crippen LogP contribution in [0.15, 0.2) is 0 Å². The minimum absolute atomic E-state index is 0.0314. The minimum Gasteiger partial charge on any atom is -0.373 e. The predicted molar refractivity (Wildman–Crippen MR) is 100 cm³/mol. The molecule has 0 saturated carbocycles. The van der Waals surface area contributed by atoms with E-state index in [2.05, 4.69) is 23.6 Å². The lowest BCUT2D eigenvalue weighted by atomic mass is 9.96. The van der Waals surface area contributed by atoms with E-state index in [4.69, 9.17) is 4.74 Å². The number of likely N-dealkylation sites (tertiary alicyclic amines) is 1. The summed E-state index contributed by atoms with van der Waals surface area (Å²) in [6.07, 6.45) is 5.13. The second-order valence-corrected chi connectivity index (χ2v) is 10.2. The summed E-state index contributed by atoms with van der Waals surface area (Å²) in [6, 6.07) is 0.285. The molecule has 0 spiro atoms. The normalized spacial score (nSPS) is 32.9. The Morgan fingerprint density at radius 1 is 1.04 bits per heavy atom. The number of piperidine rings is 1. The van der Waals surface area contributed by atoms with E-state index in [-0.39, 0.29) is 30.1 Å². The molecule has 3 fully saturated rings. The number of sulfonamides is 1. The Hall–Kier alpha value is -0.700. The molecule has 0 aromatic carbocycles. The zero-order valence-electron chi connectivity index (χ0n) is 16.3. The first kappa shape index (κ1) is 20.0. The summed E-state index contributed by atoms with van der Waals surface area (Å²) in [5, 5.41) is 0. The third-order valence-corrected chi connectivity index (χ3v) is 7.20. The van der Waals surface area contributed by atoms with Gasteiger partial charge in [-0.3, -0.25) is 9.69 Å².